The Hall–Kier alpha value is -1.88. The summed E-state index contributed by atoms with van der Waals surface area (Å²) in [4.78, 5) is 12.0. The van der Waals surface area contributed by atoms with Crippen molar-refractivity contribution in [3.63, 3.8) is 0 Å². The van der Waals surface area contributed by atoms with Crippen molar-refractivity contribution < 1.29 is 18.7 Å². The first-order chi connectivity index (χ1) is 9.84. The zero-order valence-corrected chi connectivity index (χ0v) is 12.0. The molecule has 1 aliphatic rings. The number of furan rings is 1. The van der Waals surface area contributed by atoms with E-state index in [1.807, 2.05) is 6.92 Å². The Morgan fingerprint density at radius 2 is 2.19 bits per heavy atom. The summed E-state index contributed by atoms with van der Waals surface area (Å²) in [6.45, 7) is 3.55. The molecule has 0 aliphatic heterocycles. The number of hydrogen-bond acceptors (Lipinski definition) is 3. The van der Waals surface area contributed by atoms with Crippen LogP contribution in [0.2, 0.25) is 0 Å². The van der Waals surface area contributed by atoms with Crippen molar-refractivity contribution >= 4 is 16.9 Å². The first-order valence-corrected chi connectivity index (χ1v) is 7.06. The fourth-order valence-electron chi connectivity index (χ4n) is 2.84. The van der Waals surface area contributed by atoms with Crippen LogP contribution in [0.25, 0.3) is 11.0 Å². The number of fused-ring (bicyclic) bond motifs is 1. The summed E-state index contributed by atoms with van der Waals surface area (Å²) in [6.07, 6.45) is 0.966. The number of carbonyl (C=O) groups excluding carboxylic acids is 1. The molecule has 2 N–H and O–H groups in total. The second kappa shape index (κ2) is 4.84. The van der Waals surface area contributed by atoms with Crippen molar-refractivity contribution in [3.05, 3.63) is 35.8 Å². The highest BCUT2D eigenvalue weighted by atomic mass is 19.1. The van der Waals surface area contributed by atoms with E-state index in [9.17, 15) is 14.3 Å². The second-order valence-electron chi connectivity index (χ2n) is 6.16. The van der Waals surface area contributed by atoms with E-state index >= 15 is 0 Å². The zero-order valence-electron chi connectivity index (χ0n) is 12.0. The third kappa shape index (κ3) is 2.78. The monoisotopic (exact) mass is 291 g/mol. The summed E-state index contributed by atoms with van der Waals surface area (Å²) in [5.74, 6) is 0.0446. The number of halogens is 1. The maximum Gasteiger partial charge on any atom is 0.223 e. The average molecular weight is 291 g/mol. The van der Waals surface area contributed by atoms with Gasteiger partial charge in [0.05, 0.1) is 11.6 Å². The number of rotatable bonds is 3. The molecule has 112 valence electrons. The highest BCUT2D eigenvalue weighted by Gasteiger charge is 2.42. The van der Waals surface area contributed by atoms with Gasteiger partial charge in [0.2, 0.25) is 5.91 Å². The zero-order chi connectivity index (χ0) is 15.2. The molecule has 2 aromatic rings. The van der Waals surface area contributed by atoms with Crippen molar-refractivity contribution in [2.75, 3.05) is 0 Å². The van der Waals surface area contributed by atoms with Crippen LogP contribution in [0.3, 0.4) is 0 Å². The smallest absolute Gasteiger partial charge is 0.223 e. The predicted octanol–water partition coefficient (Wildman–Crippen LogP) is 2.91. The topological polar surface area (TPSA) is 62.5 Å². The summed E-state index contributed by atoms with van der Waals surface area (Å²) in [5, 5.41) is 13.2. The minimum atomic E-state index is -0.720. The van der Waals surface area contributed by atoms with E-state index in [0.29, 0.717) is 29.6 Å². The summed E-state index contributed by atoms with van der Waals surface area (Å²) in [7, 11) is 0. The lowest BCUT2D eigenvalue weighted by Crippen LogP contribution is -2.48. The Morgan fingerprint density at radius 1 is 1.48 bits per heavy atom. The van der Waals surface area contributed by atoms with Crippen molar-refractivity contribution in [2.24, 2.45) is 5.92 Å². The maximum atomic E-state index is 13.2. The van der Waals surface area contributed by atoms with Gasteiger partial charge >= 0.3 is 0 Å². The first-order valence-electron chi connectivity index (χ1n) is 7.06. The molecular formula is C16H18FNO3. The molecule has 1 fully saturated rings. The third-order valence-corrected chi connectivity index (χ3v) is 4.03. The minimum Gasteiger partial charge on any atom is -0.459 e. The summed E-state index contributed by atoms with van der Waals surface area (Å²) < 4.78 is 18.8. The van der Waals surface area contributed by atoms with Gasteiger partial charge in [0.15, 0.2) is 0 Å². The van der Waals surface area contributed by atoms with Gasteiger partial charge in [0.25, 0.3) is 0 Å². The molecule has 0 spiro atoms. The van der Waals surface area contributed by atoms with Crippen LogP contribution in [0.1, 0.15) is 38.5 Å². The quantitative estimate of drug-likeness (QED) is 0.914. The van der Waals surface area contributed by atoms with Gasteiger partial charge in [-0.1, -0.05) is 0 Å². The number of benzene rings is 1. The number of nitrogens with one attached hydrogen (secondary N) is 1. The first kappa shape index (κ1) is 14.1. The standard InChI is InChI=1S/C16H18FNO3/c1-9(18-15(19)11-7-16(2,20)8-11)14-6-10-5-12(17)3-4-13(10)21-14/h3-6,9,11,20H,7-8H2,1-2H3,(H,18,19). The van der Waals surface area contributed by atoms with Crippen LogP contribution in [0.15, 0.2) is 28.7 Å². The Balaban J connectivity index is 1.69. The number of carbonyl (C=O) groups is 1. The highest BCUT2D eigenvalue weighted by molar-refractivity contribution is 5.81. The minimum absolute atomic E-state index is 0.0827. The molecule has 1 aromatic carbocycles. The number of amides is 1. The summed E-state index contributed by atoms with van der Waals surface area (Å²) in [6, 6.07) is 5.76. The van der Waals surface area contributed by atoms with Crippen molar-refractivity contribution in [1.29, 1.82) is 0 Å². The van der Waals surface area contributed by atoms with Crippen LogP contribution in [0.5, 0.6) is 0 Å². The second-order valence-corrected chi connectivity index (χ2v) is 6.16. The van der Waals surface area contributed by atoms with E-state index in [1.165, 1.54) is 12.1 Å². The highest BCUT2D eigenvalue weighted by Crippen LogP contribution is 2.37. The van der Waals surface area contributed by atoms with Crippen molar-refractivity contribution in [3.8, 4) is 0 Å². The Kier molecular flexibility index (Phi) is 3.24. The molecule has 3 rings (SSSR count). The van der Waals surface area contributed by atoms with E-state index in [4.69, 9.17) is 4.42 Å². The van der Waals surface area contributed by atoms with Gasteiger partial charge < -0.3 is 14.8 Å². The van der Waals surface area contributed by atoms with E-state index < -0.39 is 5.60 Å². The Labute approximate surface area is 121 Å². The van der Waals surface area contributed by atoms with Crippen molar-refractivity contribution in [1.82, 2.24) is 5.32 Å². The fraction of sp³-hybridized carbons (Fsp3) is 0.438. The molecule has 1 saturated carbocycles. The van der Waals surface area contributed by atoms with Gasteiger partial charge in [-0.2, -0.15) is 0 Å². The largest absolute Gasteiger partial charge is 0.459 e. The van der Waals surface area contributed by atoms with E-state index in [2.05, 4.69) is 5.32 Å². The number of aliphatic hydroxyl groups is 1. The average Bonchev–Trinajstić information content (AvgIpc) is 2.78. The van der Waals surface area contributed by atoms with Gasteiger partial charge in [0.1, 0.15) is 17.2 Å². The molecule has 1 heterocycles. The Morgan fingerprint density at radius 3 is 2.86 bits per heavy atom. The molecule has 4 nitrogen and oxygen atoms in total. The van der Waals surface area contributed by atoms with Gasteiger partial charge in [-0.15, -0.1) is 0 Å². The third-order valence-electron chi connectivity index (χ3n) is 4.03. The van der Waals surface area contributed by atoms with Gasteiger partial charge in [-0.3, -0.25) is 4.79 Å². The molecule has 1 aliphatic carbocycles. The van der Waals surface area contributed by atoms with Gasteiger partial charge in [-0.25, -0.2) is 4.39 Å². The summed E-state index contributed by atoms with van der Waals surface area (Å²) in [5.41, 5.74) is -0.124. The molecule has 0 radical (unpaired) electrons. The van der Waals surface area contributed by atoms with Gasteiger partial charge in [0, 0.05) is 11.3 Å². The van der Waals surface area contributed by atoms with Crippen LogP contribution in [0, 0.1) is 11.7 Å². The molecule has 0 bridgehead atoms. The SMILES string of the molecule is CC(NC(=O)C1CC(C)(O)C1)c1cc2cc(F)ccc2o1. The predicted molar refractivity (Wildman–Crippen MR) is 76.1 cm³/mol. The lowest BCUT2D eigenvalue weighted by molar-refractivity contribution is -0.139. The van der Waals surface area contributed by atoms with Gasteiger partial charge in [-0.05, 0) is 51.0 Å². The van der Waals surface area contributed by atoms with Crippen LogP contribution in [-0.4, -0.2) is 16.6 Å². The summed E-state index contributed by atoms with van der Waals surface area (Å²) >= 11 is 0. The van der Waals surface area contributed by atoms with Crippen molar-refractivity contribution in [2.45, 2.75) is 38.3 Å². The lowest BCUT2D eigenvalue weighted by Gasteiger charge is -2.40. The van der Waals surface area contributed by atoms with Crippen LogP contribution in [0.4, 0.5) is 4.39 Å². The lowest BCUT2D eigenvalue weighted by atomic mass is 9.71. The van der Waals surface area contributed by atoms with Crippen LogP contribution >= 0.6 is 0 Å². The molecule has 0 saturated heterocycles. The molecule has 1 atom stereocenters. The maximum absolute atomic E-state index is 13.2. The molecule has 1 amide bonds. The van der Waals surface area contributed by atoms with Crippen LogP contribution < -0.4 is 5.32 Å². The molecule has 5 heteroatoms. The van der Waals surface area contributed by atoms with E-state index in [1.54, 1.807) is 19.1 Å². The number of hydrogen-bond donors (Lipinski definition) is 2. The van der Waals surface area contributed by atoms with E-state index in [-0.39, 0.29) is 23.7 Å². The Bertz CT molecular complexity index is 684. The molecule has 1 aromatic heterocycles. The molecule has 1 unspecified atom stereocenters. The van der Waals surface area contributed by atoms with E-state index in [0.717, 1.165) is 0 Å². The van der Waals surface area contributed by atoms with Crippen LogP contribution in [-0.2, 0) is 4.79 Å². The fourth-order valence-corrected chi connectivity index (χ4v) is 2.84. The molecular weight excluding hydrogens is 273 g/mol. The molecule has 21 heavy (non-hydrogen) atoms. The normalized spacial score (nSPS) is 26.4.